The molecule has 0 radical (unpaired) electrons. The van der Waals surface area contributed by atoms with Crippen molar-refractivity contribution in [2.75, 3.05) is 17.3 Å². The smallest absolute Gasteiger partial charge is 0.224 e. The zero-order valence-corrected chi connectivity index (χ0v) is 20.9. The predicted octanol–water partition coefficient (Wildman–Crippen LogP) is 5.53. The Morgan fingerprint density at radius 3 is 2.77 bits per heavy atom. The van der Waals surface area contributed by atoms with Crippen LogP contribution in [0.15, 0.2) is 61.1 Å². The van der Waals surface area contributed by atoms with Crippen molar-refractivity contribution in [1.82, 2.24) is 14.9 Å². The molecular weight excluding hydrogens is 458 g/mol. The summed E-state index contributed by atoms with van der Waals surface area (Å²) in [6.45, 7) is 1.82. The predicted molar refractivity (Wildman–Crippen MR) is 142 cm³/mol. The standard InChI is InChI=1S/C27H31N5O2S/c1-3-24(33)29-21-12-11-20(16-23(21)34-2)32-26(18-13-15-31(17-18)19-8-4-5-9-19)25(30-27(32)35)22-10-6-7-14-28-22/h6-7,10-17,19,25-26H,3-5,8-9H2,1-2H3,(H,29,33)(H,30,35). The number of hydrogen-bond donors (Lipinski definition) is 2. The second kappa shape index (κ2) is 10.1. The average Bonchev–Trinajstić information content (AvgIpc) is 3.64. The minimum absolute atomic E-state index is 0.0595. The van der Waals surface area contributed by atoms with Crippen LogP contribution in [0.4, 0.5) is 11.4 Å². The largest absolute Gasteiger partial charge is 0.494 e. The summed E-state index contributed by atoms with van der Waals surface area (Å²) in [5, 5.41) is 7.05. The van der Waals surface area contributed by atoms with Gasteiger partial charge in [-0.15, -0.1) is 0 Å². The topological polar surface area (TPSA) is 71.4 Å². The molecule has 5 rings (SSSR count). The molecule has 1 saturated carbocycles. The maximum Gasteiger partial charge on any atom is 0.224 e. The van der Waals surface area contributed by atoms with Crippen molar-refractivity contribution in [3.05, 3.63) is 72.3 Å². The van der Waals surface area contributed by atoms with Gasteiger partial charge >= 0.3 is 0 Å². The van der Waals surface area contributed by atoms with Gasteiger partial charge in [0.25, 0.3) is 0 Å². The first-order valence-corrected chi connectivity index (χ1v) is 12.7. The fourth-order valence-corrected chi connectivity index (χ4v) is 5.52. The summed E-state index contributed by atoms with van der Waals surface area (Å²) < 4.78 is 7.99. The molecule has 2 atom stereocenters. The van der Waals surface area contributed by atoms with E-state index in [4.69, 9.17) is 17.0 Å². The fraction of sp³-hybridized carbons (Fsp3) is 0.370. The Balaban J connectivity index is 1.54. The number of nitrogens with one attached hydrogen (secondary N) is 2. The molecule has 1 saturated heterocycles. The van der Waals surface area contributed by atoms with E-state index in [1.807, 2.05) is 49.5 Å². The highest BCUT2D eigenvalue weighted by Gasteiger charge is 2.41. The van der Waals surface area contributed by atoms with Gasteiger partial charge in [-0.2, -0.15) is 0 Å². The molecule has 8 heteroatoms. The van der Waals surface area contributed by atoms with Crippen LogP contribution in [0.5, 0.6) is 5.75 Å². The third-order valence-electron chi connectivity index (χ3n) is 6.98. The number of benzene rings is 1. The molecule has 3 heterocycles. The lowest BCUT2D eigenvalue weighted by atomic mass is 9.98. The maximum atomic E-state index is 12.0. The number of ether oxygens (including phenoxy) is 1. The van der Waals surface area contributed by atoms with Crippen LogP contribution < -0.4 is 20.3 Å². The highest BCUT2D eigenvalue weighted by molar-refractivity contribution is 7.80. The molecule has 1 aliphatic heterocycles. The Hall–Kier alpha value is -3.39. The minimum atomic E-state index is -0.103. The first-order chi connectivity index (χ1) is 17.1. The quantitative estimate of drug-likeness (QED) is 0.425. The molecule has 1 amide bonds. The molecule has 1 aliphatic carbocycles. The van der Waals surface area contributed by atoms with E-state index in [0.29, 0.717) is 29.0 Å². The van der Waals surface area contributed by atoms with Crippen LogP contribution in [-0.4, -0.2) is 27.7 Å². The highest BCUT2D eigenvalue weighted by atomic mass is 32.1. The molecular formula is C27H31N5O2S. The molecule has 2 aliphatic rings. The lowest BCUT2D eigenvalue weighted by Crippen LogP contribution is -2.29. The van der Waals surface area contributed by atoms with Crippen LogP contribution in [0.3, 0.4) is 0 Å². The van der Waals surface area contributed by atoms with Crippen molar-refractivity contribution in [2.24, 2.45) is 0 Å². The van der Waals surface area contributed by atoms with Crippen molar-refractivity contribution in [2.45, 2.75) is 57.2 Å². The SMILES string of the molecule is CCC(=O)Nc1ccc(N2C(=S)NC(c3ccccn3)C2c2ccn(C3CCCC3)c2)cc1OC. The number of nitrogens with zero attached hydrogens (tertiary/aromatic N) is 3. The number of rotatable bonds is 7. The second-order valence-corrected chi connectivity index (χ2v) is 9.50. The summed E-state index contributed by atoms with van der Waals surface area (Å²) in [6.07, 6.45) is 11.7. The number of carbonyl (C=O) groups excluding carboxylic acids is 1. The molecule has 35 heavy (non-hydrogen) atoms. The second-order valence-electron chi connectivity index (χ2n) is 9.11. The van der Waals surface area contributed by atoms with Gasteiger partial charge in [0.05, 0.1) is 30.6 Å². The first-order valence-electron chi connectivity index (χ1n) is 12.2. The number of anilines is 2. The van der Waals surface area contributed by atoms with E-state index in [0.717, 1.165) is 11.4 Å². The third kappa shape index (κ3) is 4.62. The van der Waals surface area contributed by atoms with Gasteiger partial charge in [-0.3, -0.25) is 9.78 Å². The Morgan fingerprint density at radius 2 is 2.06 bits per heavy atom. The summed E-state index contributed by atoms with van der Waals surface area (Å²) >= 11 is 5.86. The van der Waals surface area contributed by atoms with Crippen LogP contribution in [0.1, 0.15) is 68.4 Å². The Bertz CT molecular complexity index is 1210. The summed E-state index contributed by atoms with van der Waals surface area (Å²) in [7, 11) is 1.61. The van der Waals surface area contributed by atoms with Gasteiger partial charge in [0.2, 0.25) is 5.91 Å². The average molecular weight is 490 g/mol. The Morgan fingerprint density at radius 1 is 1.23 bits per heavy atom. The molecule has 2 N–H and O–H groups in total. The van der Waals surface area contributed by atoms with Gasteiger partial charge in [0.1, 0.15) is 5.75 Å². The molecule has 0 spiro atoms. The molecule has 3 aromatic rings. The number of thiocarbonyl (C=S) groups is 1. The normalized spacial score (nSPS) is 20.2. The van der Waals surface area contributed by atoms with Gasteiger partial charge in [0.15, 0.2) is 5.11 Å². The maximum absolute atomic E-state index is 12.0. The van der Waals surface area contributed by atoms with E-state index < -0.39 is 0 Å². The van der Waals surface area contributed by atoms with Crippen LogP contribution in [-0.2, 0) is 4.79 Å². The van der Waals surface area contributed by atoms with Gasteiger partial charge in [-0.1, -0.05) is 25.8 Å². The molecule has 2 fully saturated rings. The van der Waals surface area contributed by atoms with Crippen LogP contribution in [0.25, 0.3) is 0 Å². The van der Waals surface area contributed by atoms with E-state index in [-0.39, 0.29) is 18.0 Å². The van der Waals surface area contributed by atoms with Gasteiger partial charge in [-0.25, -0.2) is 0 Å². The molecule has 2 aromatic heterocycles. The Kier molecular flexibility index (Phi) is 6.72. The first kappa shape index (κ1) is 23.4. The van der Waals surface area contributed by atoms with Crippen molar-refractivity contribution >= 4 is 34.6 Å². The van der Waals surface area contributed by atoms with Crippen molar-refractivity contribution in [3.63, 3.8) is 0 Å². The lowest BCUT2D eigenvalue weighted by Gasteiger charge is -2.28. The third-order valence-corrected chi connectivity index (χ3v) is 7.30. The van der Waals surface area contributed by atoms with E-state index in [2.05, 4.69) is 43.5 Å². The molecule has 182 valence electrons. The number of amides is 1. The molecule has 1 aromatic carbocycles. The van der Waals surface area contributed by atoms with E-state index in [1.165, 1.54) is 31.2 Å². The van der Waals surface area contributed by atoms with Crippen molar-refractivity contribution in [3.8, 4) is 5.75 Å². The molecule has 0 bridgehead atoms. The van der Waals surface area contributed by atoms with Crippen molar-refractivity contribution < 1.29 is 9.53 Å². The number of hydrogen-bond acceptors (Lipinski definition) is 4. The highest BCUT2D eigenvalue weighted by Crippen LogP contribution is 2.44. The molecule has 7 nitrogen and oxygen atoms in total. The van der Waals surface area contributed by atoms with Crippen LogP contribution in [0.2, 0.25) is 0 Å². The van der Waals surface area contributed by atoms with Crippen LogP contribution in [0, 0.1) is 0 Å². The van der Waals surface area contributed by atoms with E-state index >= 15 is 0 Å². The lowest BCUT2D eigenvalue weighted by molar-refractivity contribution is -0.115. The van der Waals surface area contributed by atoms with E-state index in [1.54, 1.807) is 7.11 Å². The van der Waals surface area contributed by atoms with E-state index in [9.17, 15) is 4.79 Å². The summed E-state index contributed by atoms with van der Waals surface area (Å²) in [5.74, 6) is 0.534. The zero-order chi connectivity index (χ0) is 24.4. The number of carbonyl (C=O) groups is 1. The van der Waals surface area contributed by atoms with Gasteiger partial charge in [0, 0.05) is 42.8 Å². The van der Waals surface area contributed by atoms with Gasteiger partial charge in [-0.05, 0) is 61.0 Å². The Labute approximate surface area is 211 Å². The number of methoxy groups -OCH3 is 1. The van der Waals surface area contributed by atoms with Crippen LogP contribution >= 0.6 is 12.2 Å². The number of pyridine rings is 1. The molecule has 2 unspecified atom stereocenters. The summed E-state index contributed by atoms with van der Waals surface area (Å²) in [6, 6.07) is 14.3. The number of aromatic nitrogens is 2. The summed E-state index contributed by atoms with van der Waals surface area (Å²) in [4.78, 5) is 18.8. The zero-order valence-electron chi connectivity index (χ0n) is 20.1. The van der Waals surface area contributed by atoms with Crippen molar-refractivity contribution in [1.29, 1.82) is 0 Å². The minimum Gasteiger partial charge on any atom is -0.494 e. The monoisotopic (exact) mass is 489 g/mol. The van der Waals surface area contributed by atoms with Gasteiger partial charge < -0.3 is 24.8 Å². The summed E-state index contributed by atoms with van der Waals surface area (Å²) in [5.41, 5.74) is 3.66. The fourth-order valence-electron chi connectivity index (χ4n) is 5.18.